The van der Waals surface area contributed by atoms with Crippen molar-refractivity contribution in [1.29, 1.82) is 0 Å². The first-order valence-corrected chi connectivity index (χ1v) is 17.5. The van der Waals surface area contributed by atoms with Crippen molar-refractivity contribution < 1.29 is 22.7 Å². The number of rotatable bonds is 14. The van der Waals surface area contributed by atoms with Crippen molar-refractivity contribution >= 4 is 62.3 Å². The molecule has 1 N–H and O–H groups in total. The van der Waals surface area contributed by atoms with Crippen LogP contribution in [0.3, 0.4) is 0 Å². The second-order valence-corrected chi connectivity index (χ2v) is 14.1. The Kier molecular flexibility index (Phi) is 12.6. The molecule has 4 rings (SSSR count). The summed E-state index contributed by atoms with van der Waals surface area (Å²) in [4.78, 5) is 29.8. The Morgan fingerprint density at radius 2 is 1.55 bits per heavy atom. The van der Waals surface area contributed by atoms with Crippen LogP contribution in [0, 0.1) is 0 Å². The van der Waals surface area contributed by atoms with Crippen LogP contribution >= 0.6 is 34.8 Å². The van der Waals surface area contributed by atoms with E-state index in [1.807, 2.05) is 44.2 Å². The molecule has 2 amide bonds. The van der Waals surface area contributed by atoms with E-state index in [9.17, 15) is 18.0 Å². The SMILES string of the molecule is CC[C@H](C)NC(=O)[C@@H](Cc1ccccc1)N(Cc1ccc(Cl)c(Cl)c1)C(=O)CN(c1cccc(Cl)c1)S(=O)(=O)c1ccc(OC)cc1. The number of ether oxygens (including phenoxy) is 1. The summed E-state index contributed by atoms with van der Waals surface area (Å²) in [5.74, 6) is -0.518. The van der Waals surface area contributed by atoms with Crippen LogP contribution in [0.2, 0.25) is 15.1 Å². The fraction of sp³-hybridized carbons (Fsp3) is 0.257. The highest BCUT2D eigenvalue weighted by molar-refractivity contribution is 7.92. The second kappa shape index (κ2) is 16.4. The molecule has 0 unspecified atom stereocenters. The van der Waals surface area contributed by atoms with E-state index >= 15 is 0 Å². The Labute approximate surface area is 291 Å². The average molecular weight is 717 g/mol. The number of amides is 2. The predicted molar refractivity (Wildman–Crippen MR) is 188 cm³/mol. The third kappa shape index (κ3) is 9.41. The summed E-state index contributed by atoms with van der Waals surface area (Å²) >= 11 is 18.8. The first-order valence-electron chi connectivity index (χ1n) is 14.9. The van der Waals surface area contributed by atoms with Gasteiger partial charge in [-0.2, -0.15) is 0 Å². The van der Waals surface area contributed by atoms with E-state index in [0.29, 0.717) is 22.8 Å². The van der Waals surface area contributed by atoms with Crippen molar-refractivity contribution in [2.24, 2.45) is 0 Å². The summed E-state index contributed by atoms with van der Waals surface area (Å²) in [5, 5.41) is 3.91. The van der Waals surface area contributed by atoms with Gasteiger partial charge in [-0.1, -0.05) is 84.2 Å². The third-order valence-electron chi connectivity index (χ3n) is 7.63. The van der Waals surface area contributed by atoms with E-state index in [4.69, 9.17) is 39.5 Å². The standard InChI is InChI=1S/C35H36Cl3N3O5S/c1-4-24(2)39-35(43)33(20-25-9-6-5-7-10-25)40(22-26-13-18-31(37)32(38)19-26)34(42)23-41(28-12-8-11-27(36)21-28)47(44,45)30-16-14-29(46-3)15-17-30/h5-19,21,24,33H,4,20,22-23H2,1-3H3,(H,39,43)/t24-,33+/m0/s1. The maximum atomic E-state index is 14.6. The monoisotopic (exact) mass is 715 g/mol. The molecule has 0 fully saturated rings. The molecule has 4 aromatic carbocycles. The van der Waals surface area contributed by atoms with E-state index in [2.05, 4.69) is 5.32 Å². The van der Waals surface area contributed by atoms with Crippen LogP contribution in [0.4, 0.5) is 5.69 Å². The Morgan fingerprint density at radius 1 is 0.851 bits per heavy atom. The highest BCUT2D eigenvalue weighted by Gasteiger charge is 2.35. The molecule has 0 heterocycles. The summed E-state index contributed by atoms with van der Waals surface area (Å²) in [6, 6.07) is 25.2. The molecule has 0 spiro atoms. The zero-order valence-electron chi connectivity index (χ0n) is 26.2. The molecule has 0 aliphatic rings. The lowest BCUT2D eigenvalue weighted by molar-refractivity contribution is -0.140. The lowest BCUT2D eigenvalue weighted by atomic mass is 10.0. The predicted octanol–water partition coefficient (Wildman–Crippen LogP) is 7.41. The van der Waals surface area contributed by atoms with Gasteiger partial charge in [0.15, 0.2) is 0 Å². The number of methoxy groups -OCH3 is 1. The molecule has 248 valence electrons. The zero-order chi connectivity index (χ0) is 34.1. The van der Waals surface area contributed by atoms with Gasteiger partial charge in [-0.3, -0.25) is 13.9 Å². The third-order valence-corrected chi connectivity index (χ3v) is 10.4. The van der Waals surface area contributed by atoms with E-state index in [-0.39, 0.29) is 45.5 Å². The molecule has 0 bridgehead atoms. The number of sulfonamides is 1. The van der Waals surface area contributed by atoms with Gasteiger partial charge in [0.2, 0.25) is 11.8 Å². The highest BCUT2D eigenvalue weighted by atomic mass is 35.5. The van der Waals surface area contributed by atoms with Crippen molar-refractivity contribution in [2.45, 2.75) is 50.2 Å². The lowest BCUT2D eigenvalue weighted by Gasteiger charge is -2.34. The number of hydrogen-bond donors (Lipinski definition) is 1. The van der Waals surface area contributed by atoms with Crippen LogP contribution in [-0.4, -0.2) is 50.9 Å². The highest BCUT2D eigenvalue weighted by Crippen LogP contribution is 2.29. The van der Waals surface area contributed by atoms with Gasteiger partial charge < -0.3 is 15.0 Å². The first-order chi connectivity index (χ1) is 22.4. The van der Waals surface area contributed by atoms with Gasteiger partial charge in [-0.15, -0.1) is 0 Å². The summed E-state index contributed by atoms with van der Waals surface area (Å²) in [6.45, 7) is 3.15. The molecule has 0 aliphatic carbocycles. The van der Waals surface area contributed by atoms with Crippen LogP contribution in [0.1, 0.15) is 31.4 Å². The Morgan fingerprint density at radius 3 is 2.17 bits per heavy atom. The van der Waals surface area contributed by atoms with Crippen molar-refractivity contribution in [2.75, 3.05) is 18.0 Å². The summed E-state index contributed by atoms with van der Waals surface area (Å²) < 4.78 is 34.6. The number of anilines is 1. The molecular weight excluding hydrogens is 681 g/mol. The van der Waals surface area contributed by atoms with Crippen LogP contribution in [0.15, 0.2) is 102 Å². The van der Waals surface area contributed by atoms with Crippen molar-refractivity contribution in [3.63, 3.8) is 0 Å². The summed E-state index contributed by atoms with van der Waals surface area (Å²) in [5.41, 5.74) is 1.61. The minimum absolute atomic E-state index is 0.0485. The average Bonchev–Trinajstić information content (AvgIpc) is 3.06. The topological polar surface area (TPSA) is 96.0 Å². The molecule has 2 atom stereocenters. The molecule has 4 aromatic rings. The lowest BCUT2D eigenvalue weighted by Crippen LogP contribution is -2.54. The fourth-order valence-electron chi connectivity index (χ4n) is 4.86. The van der Waals surface area contributed by atoms with Gasteiger partial charge in [0, 0.05) is 24.0 Å². The van der Waals surface area contributed by atoms with Crippen LogP contribution < -0.4 is 14.4 Å². The van der Waals surface area contributed by atoms with Crippen LogP contribution in [0.5, 0.6) is 5.75 Å². The minimum Gasteiger partial charge on any atom is -0.497 e. The molecule has 47 heavy (non-hydrogen) atoms. The molecule has 0 saturated carbocycles. The number of carbonyl (C=O) groups is 2. The van der Waals surface area contributed by atoms with Crippen molar-refractivity contribution in [1.82, 2.24) is 10.2 Å². The minimum atomic E-state index is -4.30. The first kappa shape index (κ1) is 36.1. The van der Waals surface area contributed by atoms with Crippen LogP contribution in [0.25, 0.3) is 0 Å². The quantitative estimate of drug-likeness (QED) is 0.147. The van der Waals surface area contributed by atoms with Gasteiger partial charge in [-0.05, 0) is 79.1 Å². The van der Waals surface area contributed by atoms with Crippen molar-refractivity contribution in [3.05, 3.63) is 123 Å². The maximum absolute atomic E-state index is 14.6. The van der Waals surface area contributed by atoms with Crippen LogP contribution in [-0.2, 0) is 32.6 Å². The second-order valence-electron chi connectivity index (χ2n) is 11.0. The smallest absolute Gasteiger partial charge is 0.264 e. The number of carbonyl (C=O) groups excluding carboxylic acids is 2. The summed E-state index contributed by atoms with van der Waals surface area (Å²) in [6.07, 6.45) is 0.853. The van der Waals surface area contributed by atoms with Gasteiger partial charge in [0.05, 0.1) is 27.7 Å². The molecule has 0 aromatic heterocycles. The number of nitrogens with one attached hydrogen (secondary N) is 1. The van der Waals surface area contributed by atoms with E-state index in [0.717, 1.165) is 9.87 Å². The van der Waals surface area contributed by atoms with Gasteiger partial charge in [0.1, 0.15) is 18.3 Å². The summed E-state index contributed by atoms with van der Waals surface area (Å²) in [7, 11) is -2.83. The van der Waals surface area contributed by atoms with E-state index in [1.54, 1.807) is 36.4 Å². The van der Waals surface area contributed by atoms with E-state index in [1.165, 1.54) is 42.3 Å². The number of halogens is 3. The number of benzene rings is 4. The van der Waals surface area contributed by atoms with Gasteiger partial charge >= 0.3 is 0 Å². The Balaban J connectivity index is 1.82. The Hall–Kier alpha value is -3.76. The molecule has 8 nitrogen and oxygen atoms in total. The molecule has 12 heteroatoms. The molecule has 0 radical (unpaired) electrons. The Bertz CT molecular complexity index is 1790. The zero-order valence-corrected chi connectivity index (χ0v) is 29.3. The number of hydrogen-bond acceptors (Lipinski definition) is 5. The number of nitrogens with zero attached hydrogens (tertiary/aromatic N) is 2. The normalized spacial score (nSPS) is 12.6. The maximum Gasteiger partial charge on any atom is 0.264 e. The van der Waals surface area contributed by atoms with Crippen molar-refractivity contribution in [3.8, 4) is 5.75 Å². The van der Waals surface area contributed by atoms with Gasteiger partial charge in [-0.25, -0.2) is 8.42 Å². The van der Waals surface area contributed by atoms with E-state index < -0.39 is 28.5 Å². The molecule has 0 saturated heterocycles. The molecular formula is C35H36Cl3N3O5S. The van der Waals surface area contributed by atoms with Gasteiger partial charge in [0.25, 0.3) is 10.0 Å². The largest absolute Gasteiger partial charge is 0.497 e. The molecule has 0 aliphatic heterocycles. The fourth-order valence-corrected chi connectivity index (χ4v) is 6.78.